The van der Waals surface area contributed by atoms with Gasteiger partial charge in [-0.15, -0.1) is 0 Å². The number of rotatable bonds is 3. The number of carbonyl (C=O) groups is 2. The molecule has 1 aliphatic heterocycles. The first-order chi connectivity index (χ1) is 12.0. The van der Waals surface area contributed by atoms with E-state index in [4.69, 9.17) is 0 Å². The Hall–Kier alpha value is -2.76. The van der Waals surface area contributed by atoms with Gasteiger partial charge in [0.25, 0.3) is 5.91 Å². The maximum Gasteiger partial charge on any atom is 0.257 e. The van der Waals surface area contributed by atoms with Gasteiger partial charge in [0.15, 0.2) is 0 Å². The Labute approximate surface area is 145 Å². The number of amides is 2. The van der Waals surface area contributed by atoms with Crippen molar-refractivity contribution in [3.05, 3.63) is 59.7 Å². The lowest BCUT2D eigenvalue weighted by Gasteiger charge is -2.31. The van der Waals surface area contributed by atoms with Crippen LogP contribution in [0.25, 0.3) is 0 Å². The van der Waals surface area contributed by atoms with Gasteiger partial charge in [-0.05, 0) is 43.2 Å². The van der Waals surface area contributed by atoms with E-state index in [0.717, 1.165) is 25.1 Å². The maximum absolute atomic E-state index is 13.2. The van der Waals surface area contributed by atoms with E-state index >= 15 is 0 Å². The number of hydrogen-bond donors (Lipinski definition) is 1. The summed E-state index contributed by atoms with van der Waals surface area (Å²) in [5, 5.41) is 2.65. The number of nitrogens with zero attached hydrogens (tertiary/aromatic N) is 2. The molecule has 2 aromatic rings. The van der Waals surface area contributed by atoms with Gasteiger partial charge in [-0.25, -0.2) is 4.39 Å². The average molecular weight is 341 g/mol. The minimum absolute atomic E-state index is 0.0794. The predicted octanol–water partition coefficient (Wildman–Crippen LogP) is 3.20. The second-order valence-corrected chi connectivity index (χ2v) is 6.24. The third-order valence-corrected chi connectivity index (χ3v) is 4.42. The zero-order chi connectivity index (χ0) is 17.8. The highest BCUT2D eigenvalue weighted by atomic mass is 19.1. The van der Waals surface area contributed by atoms with Gasteiger partial charge in [0.2, 0.25) is 5.91 Å². The topological polar surface area (TPSA) is 62.3 Å². The Balaban J connectivity index is 1.67. The quantitative estimate of drug-likeness (QED) is 0.932. The molecule has 1 aromatic carbocycles. The fraction of sp³-hybridized carbons (Fsp3) is 0.316. The van der Waals surface area contributed by atoms with Crippen molar-refractivity contribution in [1.82, 2.24) is 9.88 Å². The standard InChI is InChI=1S/C19H20FN3O2/c1-13(24)23-9-3-4-15(12-23)18-8-7-14(11-21-18)19(25)22-17-6-2-5-16(20)10-17/h2,5-8,10-11,15H,3-4,9,12H2,1H3,(H,22,25)/t15-/m0/s1. The van der Waals surface area contributed by atoms with Gasteiger partial charge in [-0.2, -0.15) is 0 Å². The third-order valence-electron chi connectivity index (χ3n) is 4.42. The van der Waals surface area contributed by atoms with Crippen LogP contribution in [0.2, 0.25) is 0 Å². The Morgan fingerprint density at radius 1 is 1.28 bits per heavy atom. The summed E-state index contributed by atoms with van der Waals surface area (Å²) in [6.07, 6.45) is 3.45. The van der Waals surface area contributed by atoms with Crippen LogP contribution in [-0.2, 0) is 4.79 Å². The van der Waals surface area contributed by atoms with Crippen molar-refractivity contribution in [2.45, 2.75) is 25.7 Å². The normalized spacial score (nSPS) is 17.2. The zero-order valence-corrected chi connectivity index (χ0v) is 14.0. The van der Waals surface area contributed by atoms with Crippen molar-refractivity contribution in [2.24, 2.45) is 0 Å². The van der Waals surface area contributed by atoms with Crippen LogP contribution in [0, 0.1) is 5.82 Å². The number of aromatic nitrogens is 1. The Kier molecular flexibility index (Phi) is 5.07. The molecule has 0 radical (unpaired) electrons. The minimum atomic E-state index is -0.404. The van der Waals surface area contributed by atoms with Crippen molar-refractivity contribution in [2.75, 3.05) is 18.4 Å². The predicted molar refractivity (Wildman–Crippen MR) is 92.8 cm³/mol. The number of pyridine rings is 1. The summed E-state index contributed by atoms with van der Waals surface area (Å²) in [4.78, 5) is 30.0. The highest BCUT2D eigenvalue weighted by Crippen LogP contribution is 2.25. The van der Waals surface area contributed by atoms with E-state index in [9.17, 15) is 14.0 Å². The molecule has 0 unspecified atom stereocenters. The molecule has 130 valence electrons. The molecule has 6 heteroatoms. The van der Waals surface area contributed by atoms with Crippen molar-refractivity contribution >= 4 is 17.5 Å². The maximum atomic E-state index is 13.2. The van der Waals surface area contributed by atoms with Gasteiger partial charge in [0.1, 0.15) is 5.82 Å². The van der Waals surface area contributed by atoms with E-state index in [1.807, 2.05) is 11.0 Å². The lowest BCUT2D eigenvalue weighted by molar-refractivity contribution is -0.130. The molecular weight excluding hydrogens is 321 g/mol. The minimum Gasteiger partial charge on any atom is -0.342 e. The van der Waals surface area contributed by atoms with Gasteiger partial charge in [-0.1, -0.05) is 6.07 Å². The first-order valence-electron chi connectivity index (χ1n) is 8.31. The molecule has 3 rings (SSSR count). The molecule has 0 saturated carbocycles. The van der Waals surface area contributed by atoms with Crippen LogP contribution < -0.4 is 5.32 Å². The molecule has 1 aliphatic rings. The molecule has 2 heterocycles. The number of anilines is 1. The summed E-state index contributed by atoms with van der Waals surface area (Å²) < 4.78 is 13.2. The van der Waals surface area contributed by atoms with Gasteiger partial charge in [0, 0.05) is 43.5 Å². The van der Waals surface area contributed by atoms with Crippen LogP contribution in [-0.4, -0.2) is 34.8 Å². The van der Waals surface area contributed by atoms with Gasteiger partial charge in [-0.3, -0.25) is 14.6 Å². The first-order valence-corrected chi connectivity index (χ1v) is 8.31. The molecule has 2 amide bonds. The third kappa shape index (κ3) is 4.21. The van der Waals surface area contributed by atoms with Crippen LogP contribution in [0.1, 0.15) is 41.7 Å². The van der Waals surface area contributed by atoms with Crippen LogP contribution in [0.15, 0.2) is 42.6 Å². The molecule has 1 fully saturated rings. The van der Waals surface area contributed by atoms with E-state index in [2.05, 4.69) is 10.3 Å². The highest BCUT2D eigenvalue weighted by molar-refractivity contribution is 6.04. The van der Waals surface area contributed by atoms with Crippen molar-refractivity contribution in [3.8, 4) is 0 Å². The monoisotopic (exact) mass is 341 g/mol. The number of likely N-dealkylation sites (tertiary alicyclic amines) is 1. The number of piperidine rings is 1. The average Bonchev–Trinajstić information content (AvgIpc) is 2.62. The van der Waals surface area contributed by atoms with Crippen LogP contribution >= 0.6 is 0 Å². The number of nitrogens with one attached hydrogen (secondary N) is 1. The van der Waals surface area contributed by atoms with E-state index in [-0.39, 0.29) is 17.7 Å². The van der Waals surface area contributed by atoms with E-state index in [0.29, 0.717) is 17.8 Å². The summed E-state index contributed by atoms with van der Waals surface area (Å²) in [7, 11) is 0. The van der Waals surface area contributed by atoms with Crippen LogP contribution in [0.5, 0.6) is 0 Å². The van der Waals surface area contributed by atoms with Gasteiger partial charge < -0.3 is 10.2 Å². The van der Waals surface area contributed by atoms with E-state index in [1.165, 1.54) is 24.4 Å². The molecule has 1 atom stereocenters. The molecule has 0 spiro atoms. The summed E-state index contributed by atoms with van der Waals surface area (Å²) in [6, 6.07) is 9.29. The largest absolute Gasteiger partial charge is 0.342 e. The van der Waals surface area contributed by atoms with Gasteiger partial charge >= 0.3 is 0 Å². The Morgan fingerprint density at radius 2 is 2.12 bits per heavy atom. The summed E-state index contributed by atoms with van der Waals surface area (Å²) in [5.74, 6) is -0.467. The summed E-state index contributed by atoms with van der Waals surface area (Å²) >= 11 is 0. The lowest BCUT2D eigenvalue weighted by Crippen LogP contribution is -2.37. The fourth-order valence-electron chi connectivity index (χ4n) is 3.06. The molecule has 25 heavy (non-hydrogen) atoms. The summed E-state index contributed by atoms with van der Waals surface area (Å²) in [5.41, 5.74) is 1.69. The van der Waals surface area contributed by atoms with Gasteiger partial charge in [0.05, 0.1) is 5.56 Å². The Bertz CT molecular complexity index is 776. The van der Waals surface area contributed by atoms with Crippen LogP contribution in [0.3, 0.4) is 0 Å². The Morgan fingerprint density at radius 3 is 2.80 bits per heavy atom. The molecule has 1 N–H and O–H groups in total. The second kappa shape index (κ2) is 7.42. The molecule has 0 bridgehead atoms. The van der Waals surface area contributed by atoms with E-state index < -0.39 is 5.82 Å². The van der Waals surface area contributed by atoms with Crippen molar-refractivity contribution < 1.29 is 14.0 Å². The van der Waals surface area contributed by atoms with E-state index in [1.54, 1.807) is 19.1 Å². The number of halogens is 1. The van der Waals surface area contributed by atoms with Crippen LogP contribution in [0.4, 0.5) is 10.1 Å². The van der Waals surface area contributed by atoms with Crippen molar-refractivity contribution in [3.63, 3.8) is 0 Å². The lowest BCUT2D eigenvalue weighted by atomic mass is 9.94. The zero-order valence-electron chi connectivity index (χ0n) is 14.0. The first kappa shape index (κ1) is 17.1. The highest BCUT2D eigenvalue weighted by Gasteiger charge is 2.23. The SMILES string of the molecule is CC(=O)N1CCC[C@H](c2ccc(C(=O)Nc3cccc(F)c3)cn2)C1. The van der Waals surface area contributed by atoms with Crippen molar-refractivity contribution in [1.29, 1.82) is 0 Å². The molecular formula is C19H20FN3O2. The smallest absolute Gasteiger partial charge is 0.257 e. The number of carbonyl (C=O) groups excluding carboxylic acids is 2. The summed E-state index contributed by atoms with van der Waals surface area (Å²) in [6.45, 7) is 3.03. The molecule has 1 aromatic heterocycles. The molecule has 0 aliphatic carbocycles. The molecule has 1 saturated heterocycles. The molecule has 5 nitrogen and oxygen atoms in total. The fourth-order valence-corrected chi connectivity index (χ4v) is 3.06. The second-order valence-electron chi connectivity index (χ2n) is 6.24. The number of hydrogen-bond acceptors (Lipinski definition) is 3. The number of benzene rings is 1.